The summed E-state index contributed by atoms with van der Waals surface area (Å²) in [7, 11) is 0. The molecule has 4 heteroatoms. The van der Waals surface area contributed by atoms with Gasteiger partial charge in [-0.05, 0) is 38.2 Å². The van der Waals surface area contributed by atoms with Crippen molar-refractivity contribution in [2.45, 2.75) is 39.0 Å². The molecule has 0 aliphatic heterocycles. The minimum Gasteiger partial charge on any atom is -0.356 e. The lowest BCUT2D eigenvalue weighted by atomic mass is 10.1. The van der Waals surface area contributed by atoms with Crippen molar-refractivity contribution in [2.24, 2.45) is 5.92 Å². The van der Waals surface area contributed by atoms with Crippen molar-refractivity contribution in [2.75, 3.05) is 13.1 Å². The van der Waals surface area contributed by atoms with Crippen molar-refractivity contribution in [1.82, 2.24) is 10.6 Å². The number of aryl methyl sites for hydroxylation is 1. The van der Waals surface area contributed by atoms with Gasteiger partial charge in [0, 0.05) is 25.4 Å². The lowest BCUT2D eigenvalue weighted by Gasteiger charge is -2.07. The molecule has 0 radical (unpaired) electrons. The molecular weight excluding hydrogens is 264 g/mol. The first kappa shape index (κ1) is 15.5. The van der Waals surface area contributed by atoms with Gasteiger partial charge in [-0.3, -0.25) is 9.59 Å². The second-order valence-corrected chi connectivity index (χ2v) is 5.76. The van der Waals surface area contributed by atoms with E-state index in [1.165, 1.54) is 11.1 Å². The van der Waals surface area contributed by atoms with Gasteiger partial charge in [0.2, 0.25) is 11.8 Å². The van der Waals surface area contributed by atoms with E-state index in [2.05, 4.69) is 35.8 Å². The molecule has 2 amide bonds. The Morgan fingerprint density at radius 3 is 2.71 bits per heavy atom. The van der Waals surface area contributed by atoms with Crippen molar-refractivity contribution in [3.8, 4) is 0 Å². The van der Waals surface area contributed by atoms with Gasteiger partial charge < -0.3 is 10.6 Å². The van der Waals surface area contributed by atoms with Gasteiger partial charge in [-0.2, -0.15) is 0 Å². The fourth-order valence-electron chi connectivity index (χ4n) is 2.25. The summed E-state index contributed by atoms with van der Waals surface area (Å²) in [4.78, 5) is 23.1. The Hall–Kier alpha value is -1.84. The second-order valence-electron chi connectivity index (χ2n) is 5.76. The van der Waals surface area contributed by atoms with Crippen LogP contribution in [0.25, 0.3) is 0 Å². The molecule has 1 aromatic carbocycles. The predicted molar refractivity (Wildman–Crippen MR) is 82.9 cm³/mol. The molecule has 1 saturated carbocycles. The SMILES string of the molecule is Cc1cccc(CCNC(=O)CCCNC(=O)C2CC2)c1. The molecule has 0 spiro atoms. The number of hydrogen-bond donors (Lipinski definition) is 2. The molecule has 1 aliphatic rings. The maximum atomic E-state index is 11.7. The average Bonchev–Trinajstić information content (AvgIpc) is 3.28. The van der Waals surface area contributed by atoms with Crippen LogP contribution in [0.4, 0.5) is 0 Å². The van der Waals surface area contributed by atoms with Crippen LogP contribution in [0.5, 0.6) is 0 Å². The third-order valence-electron chi connectivity index (χ3n) is 3.65. The largest absolute Gasteiger partial charge is 0.356 e. The Bertz CT molecular complexity index is 495. The van der Waals surface area contributed by atoms with Crippen LogP contribution in [-0.2, 0) is 16.0 Å². The Morgan fingerprint density at radius 2 is 2.00 bits per heavy atom. The van der Waals surface area contributed by atoms with Crippen LogP contribution in [0.2, 0.25) is 0 Å². The summed E-state index contributed by atoms with van der Waals surface area (Å²) >= 11 is 0. The minimum atomic E-state index is 0.0586. The van der Waals surface area contributed by atoms with Crippen LogP contribution >= 0.6 is 0 Å². The van der Waals surface area contributed by atoms with Gasteiger partial charge in [0.1, 0.15) is 0 Å². The van der Waals surface area contributed by atoms with Gasteiger partial charge in [-0.1, -0.05) is 29.8 Å². The van der Waals surface area contributed by atoms with Crippen molar-refractivity contribution in [3.05, 3.63) is 35.4 Å². The molecule has 0 atom stereocenters. The van der Waals surface area contributed by atoms with Crippen LogP contribution < -0.4 is 10.6 Å². The molecule has 4 nitrogen and oxygen atoms in total. The topological polar surface area (TPSA) is 58.2 Å². The summed E-state index contributed by atoms with van der Waals surface area (Å²) in [6.07, 6.45) is 4.07. The highest BCUT2D eigenvalue weighted by molar-refractivity contribution is 5.81. The molecule has 2 N–H and O–H groups in total. The van der Waals surface area contributed by atoms with Gasteiger partial charge in [-0.15, -0.1) is 0 Å². The molecule has 1 aromatic rings. The molecule has 2 rings (SSSR count). The summed E-state index contributed by atoms with van der Waals surface area (Å²) < 4.78 is 0. The third-order valence-corrected chi connectivity index (χ3v) is 3.65. The number of amides is 2. The molecule has 1 fully saturated rings. The quantitative estimate of drug-likeness (QED) is 0.718. The summed E-state index contributed by atoms with van der Waals surface area (Å²) in [5, 5.41) is 5.79. The Kier molecular flexibility index (Phi) is 5.78. The summed E-state index contributed by atoms with van der Waals surface area (Å²) in [6, 6.07) is 8.32. The highest BCUT2D eigenvalue weighted by Gasteiger charge is 2.28. The van der Waals surface area contributed by atoms with Gasteiger partial charge in [0.25, 0.3) is 0 Å². The molecule has 0 bridgehead atoms. The van der Waals surface area contributed by atoms with Crippen molar-refractivity contribution in [3.63, 3.8) is 0 Å². The minimum absolute atomic E-state index is 0.0586. The van der Waals surface area contributed by atoms with E-state index >= 15 is 0 Å². The average molecular weight is 288 g/mol. The van der Waals surface area contributed by atoms with Crippen molar-refractivity contribution < 1.29 is 9.59 Å². The molecular formula is C17H24N2O2. The summed E-state index contributed by atoms with van der Waals surface area (Å²) in [5.41, 5.74) is 2.48. The fraction of sp³-hybridized carbons (Fsp3) is 0.529. The van der Waals surface area contributed by atoms with E-state index in [-0.39, 0.29) is 17.7 Å². The Morgan fingerprint density at radius 1 is 1.19 bits per heavy atom. The van der Waals surface area contributed by atoms with E-state index < -0.39 is 0 Å². The first-order valence-corrected chi connectivity index (χ1v) is 7.75. The molecule has 21 heavy (non-hydrogen) atoms. The van der Waals surface area contributed by atoms with Crippen LogP contribution in [0.1, 0.15) is 36.8 Å². The maximum Gasteiger partial charge on any atom is 0.223 e. The number of hydrogen-bond acceptors (Lipinski definition) is 2. The smallest absolute Gasteiger partial charge is 0.223 e. The maximum absolute atomic E-state index is 11.7. The third kappa shape index (κ3) is 5.98. The van der Waals surface area contributed by atoms with Gasteiger partial charge in [0.15, 0.2) is 0 Å². The Balaban J connectivity index is 1.52. The van der Waals surface area contributed by atoms with E-state index in [0.717, 1.165) is 19.3 Å². The standard InChI is InChI=1S/C17H24N2O2/c1-13-4-2-5-14(12-13)9-11-18-16(20)6-3-10-19-17(21)15-7-8-15/h2,4-5,12,15H,3,6-11H2,1H3,(H,18,20)(H,19,21). The van der Waals surface area contributed by atoms with Crippen LogP contribution in [0.3, 0.4) is 0 Å². The predicted octanol–water partition coefficient (Wildman–Crippen LogP) is 1.96. The van der Waals surface area contributed by atoms with Crippen LogP contribution in [-0.4, -0.2) is 24.9 Å². The molecule has 0 saturated heterocycles. The molecule has 0 aromatic heterocycles. The van der Waals surface area contributed by atoms with E-state index in [1.54, 1.807) is 0 Å². The number of benzene rings is 1. The van der Waals surface area contributed by atoms with E-state index in [1.807, 2.05) is 6.07 Å². The molecule has 0 unspecified atom stereocenters. The number of carbonyl (C=O) groups excluding carboxylic acids is 2. The lowest BCUT2D eigenvalue weighted by Crippen LogP contribution is -2.29. The molecule has 1 aliphatic carbocycles. The zero-order valence-electron chi connectivity index (χ0n) is 12.7. The number of nitrogens with one attached hydrogen (secondary N) is 2. The van der Waals surface area contributed by atoms with Gasteiger partial charge >= 0.3 is 0 Å². The second kappa shape index (κ2) is 7.81. The number of carbonyl (C=O) groups is 2. The van der Waals surface area contributed by atoms with E-state index in [0.29, 0.717) is 25.9 Å². The first-order valence-electron chi connectivity index (χ1n) is 7.75. The first-order chi connectivity index (χ1) is 10.1. The molecule has 0 heterocycles. The van der Waals surface area contributed by atoms with Gasteiger partial charge in [-0.25, -0.2) is 0 Å². The van der Waals surface area contributed by atoms with Crippen LogP contribution in [0, 0.1) is 12.8 Å². The summed E-state index contributed by atoms with van der Waals surface area (Å²) in [5.74, 6) is 0.450. The number of rotatable bonds is 8. The van der Waals surface area contributed by atoms with Crippen molar-refractivity contribution >= 4 is 11.8 Å². The zero-order valence-corrected chi connectivity index (χ0v) is 12.7. The monoisotopic (exact) mass is 288 g/mol. The zero-order chi connectivity index (χ0) is 15.1. The Labute approximate surface area is 126 Å². The van der Waals surface area contributed by atoms with Crippen molar-refractivity contribution in [1.29, 1.82) is 0 Å². The van der Waals surface area contributed by atoms with E-state index in [9.17, 15) is 9.59 Å². The fourth-order valence-corrected chi connectivity index (χ4v) is 2.25. The summed E-state index contributed by atoms with van der Waals surface area (Å²) in [6.45, 7) is 3.33. The highest BCUT2D eigenvalue weighted by atomic mass is 16.2. The lowest BCUT2D eigenvalue weighted by molar-refractivity contribution is -0.123. The highest BCUT2D eigenvalue weighted by Crippen LogP contribution is 2.28. The van der Waals surface area contributed by atoms with Crippen LogP contribution in [0.15, 0.2) is 24.3 Å². The van der Waals surface area contributed by atoms with E-state index in [4.69, 9.17) is 0 Å². The molecule has 114 valence electrons. The van der Waals surface area contributed by atoms with Gasteiger partial charge in [0.05, 0.1) is 0 Å². The normalized spacial score (nSPS) is 13.8.